The van der Waals surface area contributed by atoms with Gasteiger partial charge in [0.1, 0.15) is 18.1 Å². The molecule has 1 aliphatic heterocycles. The van der Waals surface area contributed by atoms with E-state index in [1.807, 2.05) is 6.26 Å². The molecule has 4 atom stereocenters. The molecule has 0 saturated carbocycles. The number of rotatable bonds is 14. The van der Waals surface area contributed by atoms with Gasteiger partial charge < -0.3 is 37.8 Å². The molecule has 0 aromatic carbocycles. The van der Waals surface area contributed by atoms with Gasteiger partial charge in [0.25, 0.3) is 0 Å². The van der Waals surface area contributed by atoms with Crippen molar-refractivity contribution < 1.29 is 33.9 Å². The SMILES string of the molecule is CSCCC(N)C(=O)N1CCCC1C(=O)NC(CCC(N)=O)C(=O)NC(CC(N)=O)C(=O)O. The first-order chi connectivity index (χ1) is 15.5. The van der Waals surface area contributed by atoms with Crippen LogP contribution in [0.15, 0.2) is 0 Å². The van der Waals surface area contributed by atoms with Crippen molar-refractivity contribution in [2.75, 3.05) is 18.6 Å². The first-order valence-electron chi connectivity index (χ1n) is 10.4. The van der Waals surface area contributed by atoms with Gasteiger partial charge >= 0.3 is 5.97 Å². The van der Waals surface area contributed by atoms with Gasteiger partial charge in [0.15, 0.2) is 0 Å². The Morgan fingerprint density at radius 2 is 1.73 bits per heavy atom. The molecule has 0 aromatic rings. The third-order valence-corrected chi connectivity index (χ3v) is 5.76. The van der Waals surface area contributed by atoms with Crippen LogP contribution < -0.4 is 27.8 Å². The zero-order chi connectivity index (χ0) is 25.1. The fourth-order valence-electron chi connectivity index (χ4n) is 3.38. The van der Waals surface area contributed by atoms with Crippen molar-refractivity contribution in [1.29, 1.82) is 0 Å². The van der Waals surface area contributed by atoms with E-state index in [2.05, 4.69) is 10.6 Å². The van der Waals surface area contributed by atoms with Crippen molar-refractivity contribution in [2.45, 2.75) is 62.7 Å². The van der Waals surface area contributed by atoms with E-state index in [0.717, 1.165) is 0 Å². The molecule has 0 spiro atoms. The smallest absolute Gasteiger partial charge is 0.326 e. The number of hydrogen-bond acceptors (Lipinski definition) is 8. The van der Waals surface area contributed by atoms with Gasteiger partial charge in [-0.2, -0.15) is 11.8 Å². The van der Waals surface area contributed by atoms with Crippen molar-refractivity contribution >= 4 is 47.3 Å². The Morgan fingerprint density at radius 3 is 2.27 bits per heavy atom. The van der Waals surface area contributed by atoms with Crippen LogP contribution in [-0.2, 0) is 28.8 Å². The molecule has 186 valence electrons. The summed E-state index contributed by atoms with van der Waals surface area (Å²) in [5.74, 6) is -4.41. The number of nitrogens with zero attached hydrogens (tertiary/aromatic N) is 1. The van der Waals surface area contributed by atoms with Crippen LogP contribution in [0.5, 0.6) is 0 Å². The standard InChI is InChI=1S/C19H32N6O7S/c1-33-8-6-10(20)18(30)25-7-2-3-13(25)17(29)23-11(4-5-14(21)26)16(28)24-12(19(31)32)9-15(22)27/h10-13H,2-9,20H2,1H3,(H2,21,26)(H2,22,27)(H,23,29)(H,24,28)(H,31,32). The minimum atomic E-state index is -1.61. The first-order valence-corrected chi connectivity index (χ1v) is 11.8. The molecule has 1 saturated heterocycles. The van der Waals surface area contributed by atoms with E-state index in [9.17, 15) is 33.9 Å². The Hall–Kier alpha value is -2.87. The zero-order valence-corrected chi connectivity index (χ0v) is 19.3. The molecular formula is C19H32N6O7S. The summed E-state index contributed by atoms with van der Waals surface area (Å²) < 4.78 is 0. The van der Waals surface area contributed by atoms with Crippen LogP contribution in [0, 0.1) is 0 Å². The van der Waals surface area contributed by atoms with E-state index in [4.69, 9.17) is 17.2 Å². The molecular weight excluding hydrogens is 456 g/mol. The third-order valence-electron chi connectivity index (χ3n) is 5.12. The predicted molar refractivity (Wildman–Crippen MR) is 119 cm³/mol. The fourth-order valence-corrected chi connectivity index (χ4v) is 3.87. The summed E-state index contributed by atoms with van der Waals surface area (Å²) in [4.78, 5) is 73.2. The second kappa shape index (κ2) is 13.6. The maximum atomic E-state index is 12.9. The number of likely N-dealkylation sites (tertiary alicyclic amines) is 1. The fraction of sp³-hybridized carbons (Fsp3) is 0.684. The normalized spacial score (nSPS) is 18.1. The van der Waals surface area contributed by atoms with Gasteiger partial charge in [-0.15, -0.1) is 0 Å². The van der Waals surface area contributed by atoms with Crippen LogP contribution in [0.4, 0.5) is 0 Å². The molecule has 1 rings (SSSR count). The highest BCUT2D eigenvalue weighted by atomic mass is 32.2. The number of hydrogen-bond donors (Lipinski definition) is 6. The quantitative estimate of drug-likeness (QED) is 0.149. The van der Waals surface area contributed by atoms with E-state index in [1.54, 1.807) is 11.8 Å². The van der Waals surface area contributed by atoms with Crippen LogP contribution in [0.1, 0.15) is 38.5 Å². The Labute approximate surface area is 195 Å². The van der Waals surface area contributed by atoms with Gasteiger partial charge in [0, 0.05) is 13.0 Å². The number of thioether (sulfide) groups is 1. The highest BCUT2D eigenvalue weighted by Gasteiger charge is 2.38. The number of carbonyl (C=O) groups is 6. The number of carboxylic acid groups (broad SMARTS) is 1. The van der Waals surface area contributed by atoms with Crippen LogP contribution in [0.3, 0.4) is 0 Å². The summed E-state index contributed by atoms with van der Waals surface area (Å²) in [6.07, 6.45) is 2.14. The molecule has 4 unspecified atom stereocenters. The van der Waals surface area contributed by atoms with Gasteiger partial charge in [-0.25, -0.2) is 4.79 Å². The lowest BCUT2D eigenvalue weighted by Crippen LogP contribution is -2.57. The molecule has 0 bridgehead atoms. The molecule has 5 amide bonds. The Bertz CT molecular complexity index is 765. The number of carboxylic acids is 1. The Morgan fingerprint density at radius 1 is 1.06 bits per heavy atom. The number of carbonyl (C=O) groups excluding carboxylic acids is 5. The summed E-state index contributed by atoms with van der Waals surface area (Å²) >= 11 is 1.54. The van der Waals surface area contributed by atoms with E-state index in [1.165, 1.54) is 4.90 Å². The molecule has 9 N–H and O–H groups in total. The van der Waals surface area contributed by atoms with Crippen molar-refractivity contribution in [2.24, 2.45) is 17.2 Å². The van der Waals surface area contributed by atoms with E-state index in [0.29, 0.717) is 31.6 Å². The Balaban J connectivity index is 2.93. The summed E-state index contributed by atoms with van der Waals surface area (Å²) in [6.45, 7) is 0.335. The van der Waals surface area contributed by atoms with Crippen molar-refractivity contribution in [3.05, 3.63) is 0 Å². The molecule has 1 fully saturated rings. The van der Waals surface area contributed by atoms with Gasteiger partial charge in [-0.3, -0.25) is 24.0 Å². The lowest BCUT2D eigenvalue weighted by molar-refractivity contribution is -0.144. The average molecular weight is 489 g/mol. The molecule has 0 radical (unpaired) electrons. The minimum absolute atomic E-state index is 0.205. The van der Waals surface area contributed by atoms with Crippen LogP contribution in [0.2, 0.25) is 0 Å². The number of primary amides is 2. The second-order valence-corrected chi connectivity index (χ2v) is 8.70. The predicted octanol–water partition coefficient (Wildman–Crippen LogP) is -2.75. The molecule has 13 nitrogen and oxygen atoms in total. The molecule has 1 aliphatic rings. The molecule has 1 heterocycles. The van der Waals surface area contributed by atoms with Crippen molar-refractivity contribution in [1.82, 2.24) is 15.5 Å². The van der Waals surface area contributed by atoms with E-state index in [-0.39, 0.29) is 18.7 Å². The molecule has 14 heteroatoms. The maximum Gasteiger partial charge on any atom is 0.326 e. The Kier molecular flexibility index (Phi) is 11.6. The van der Waals surface area contributed by atoms with Crippen molar-refractivity contribution in [3.63, 3.8) is 0 Å². The second-order valence-electron chi connectivity index (χ2n) is 7.71. The number of aliphatic carboxylic acids is 1. The highest BCUT2D eigenvalue weighted by Crippen LogP contribution is 2.19. The van der Waals surface area contributed by atoms with Crippen LogP contribution in [-0.4, -0.2) is 88.2 Å². The molecule has 0 aromatic heterocycles. The van der Waals surface area contributed by atoms with E-state index < -0.39 is 60.2 Å². The van der Waals surface area contributed by atoms with Crippen molar-refractivity contribution in [3.8, 4) is 0 Å². The zero-order valence-electron chi connectivity index (χ0n) is 18.5. The number of nitrogens with one attached hydrogen (secondary N) is 2. The topological polar surface area (TPSA) is 228 Å². The number of nitrogens with two attached hydrogens (primary N) is 3. The molecule has 33 heavy (non-hydrogen) atoms. The van der Waals surface area contributed by atoms with Gasteiger partial charge in [-0.1, -0.05) is 0 Å². The highest BCUT2D eigenvalue weighted by molar-refractivity contribution is 7.98. The number of amides is 5. The van der Waals surface area contributed by atoms with Gasteiger partial charge in [0.2, 0.25) is 29.5 Å². The first kappa shape index (κ1) is 28.2. The third kappa shape index (κ3) is 9.26. The van der Waals surface area contributed by atoms with Crippen LogP contribution >= 0.6 is 11.8 Å². The summed E-state index contributed by atoms with van der Waals surface area (Å²) in [7, 11) is 0. The monoisotopic (exact) mass is 488 g/mol. The largest absolute Gasteiger partial charge is 0.480 e. The average Bonchev–Trinajstić information content (AvgIpc) is 3.23. The minimum Gasteiger partial charge on any atom is -0.480 e. The molecule has 0 aliphatic carbocycles. The van der Waals surface area contributed by atoms with Gasteiger partial charge in [-0.05, 0) is 37.7 Å². The van der Waals surface area contributed by atoms with Crippen LogP contribution in [0.25, 0.3) is 0 Å². The summed E-state index contributed by atoms with van der Waals surface area (Å²) in [6, 6.07) is -4.54. The summed E-state index contributed by atoms with van der Waals surface area (Å²) in [5, 5.41) is 13.8. The van der Waals surface area contributed by atoms with Gasteiger partial charge in [0.05, 0.1) is 12.5 Å². The summed E-state index contributed by atoms with van der Waals surface area (Å²) in [5.41, 5.74) is 16.1. The lowest BCUT2D eigenvalue weighted by Gasteiger charge is -2.28. The maximum absolute atomic E-state index is 12.9. The lowest BCUT2D eigenvalue weighted by atomic mass is 10.1. The van der Waals surface area contributed by atoms with E-state index >= 15 is 0 Å².